The van der Waals surface area contributed by atoms with Gasteiger partial charge in [0.25, 0.3) is 0 Å². The summed E-state index contributed by atoms with van der Waals surface area (Å²) in [5.41, 5.74) is 7.34. The Balaban J connectivity index is 1.44. The molecule has 0 spiro atoms. The lowest BCUT2D eigenvalue weighted by molar-refractivity contribution is -0.199. The molecule has 6 atom stereocenters. The summed E-state index contributed by atoms with van der Waals surface area (Å²) in [4.78, 5) is 12.9. The summed E-state index contributed by atoms with van der Waals surface area (Å²) in [6.07, 6.45) is 3.70. The molecule has 3 saturated carbocycles. The van der Waals surface area contributed by atoms with Crippen molar-refractivity contribution in [3.05, 3.63) is 35.9 Å². The van der Waals surface area contributed by atoms with E-state index in [0.29, 0.717) is 29.6 Å². The molecule has 1 saturated heterocycles. The van der Waals surface area contributed by atoms with E-state index in [9.17, 15) is 4.79 Å². The molecular formula is C24H37BN2O3. The van der Waals surface area contributed by atoms with Crippen LogP contribution >= 0.6 is 0 Å². The van der Waals surface area contributed by atoms with Gasteiger partial charge in [-0.25, -0.2) is 0 Å². The summed E-state index contributed by atoms with van der Waals surface area (Å²) in [6.45, 7) is 11.3. The fraction of sp³-hybridized carbons (Fsp3) is 0.708. The van der Waals surface area contributed by atoms with Crippen LogP contribution in [-0.4, -0.2) is 36.7 Å². The number of amides is 1. The van der Waals surface area contributed by atoms with Crippen molar-refractivity contribution in [2.45, 2.75) is 84.0 Å². The lowest BCUT2D eigenvalue weighted by Crippen LogP contribution is -2.65. The SMILES string of the molecule is CC(C)C[C@H](NC(=O)C(N)Cc1ccccc1)B1OC2CC3C[C@@H](C3(C)C)[C@]2(C)O1. The first-order valence-electron chi connectivity index (χ1n) is 11.5. The summed E-state index contributed by atoms with van der Waals surface area (Å²) in [7, 11) is -0.412. The van der Waals surface area contributed by atoms with Crippen LogP contribution < -0.4 is 11.1 Å². The van der Waals surface area contributed by atoms with Crippen LogP contribution in [0.4, 0.5) is 0 Å². The van der Waals surface area contributed by atoms with Crippen molar-refractivity contribution in [3.8, 4) is 0 Å². The monoisotopic (exact) mass is 412 g/mol. The standard InChI is InChI=1S/C24H37BN2O3/c1-15(2)11-21(27-22(28)18(26)12-16-9-7-6-8-10-16)25-29-20-14-17-13-19(23(17,3)4)24(20,5)30-25/h6-10,15,17-21H,11-14,26H2,1-5H3,(H,27,28)/t17?,18?,19-,20?,21-,24-/m0/s1. The highest BCUT2D eigenvalue weighted by Crippen LogP contribution is 2.65. The Morgan fingerprint density at radius 2 is 1.93 bits per heavy atom. The predicted molar refractivity (Wildman–Crippen MR) is 120 cm³/mol. The zero-order chi connectivity index (χ0) is 21.7. The average Bonchev–Trinajstić information content (AvgIpc) is 3.04. The summed E-state index contributed by atoms with van der Waals surface area (Å²) in [6, 6.07) is 9.32. The van der Waals surface area contributed by atoms with Crippen molar-refractivity contribution >= 4 is 13.0 Å². The minimum Gasteiger partial charge on any atom is -0.404 e. The van der Waals surface area contributed by atoms with E-state index in [2.05, 4.69) is 39.9 Å². The summed E-state index contributed by atoms with van der Waals surface area (Å²) in [5, 5.41) is 3.17. The summed E-state index contributed by atoms with van der Waals surface area (Å²) >= 11 is 0. The minimum absolute atomic E-state index is 0.115. The molecule has 3 aliphatic carbocycles. The molecule has 1 aromatic carbocycles. The van der Waals surface area contributed by atoms with Gasteiger partial charge < -0.3 is 20.4 Å². The highest BCUT2D eigenvalue weighted by molar-refractivity contribution is 6.47. The van der Waals surface area contributed by atoms with Crippen LogP contribution in [0.5, 0.6) is 0 Å². The molecule has 1 amide bonds. The average molecular weight is 412 g/mol. The molecular weight excluding hydrogens is 375 g/mol. The Morgan fingerprint density at radius 1 is 1.23 bits per heavy atom. The van der Waals surface area contributed by atoms with E-state index >= 15 is 0 Å². The first kappa shape index (κ1) is 21.9. The minimum atomic E-state index is -0.590. The van der Waals surface area contributed by atoms with Gasteiger partial charge in [0, 0.05) is 0 Å². The van der Waals surface area contributed by atoms with E-state index in [1.165, 1.54) is 6.42 Å². The number of rotatable bonds is 7. The maximum atomic E-state index is 12.9. The lowest BCUT2D eigenvalue weighted by Gasteiger charge is -2.64. The Kier molecular flexibility index (Phi) is 5.80. The van der Waals surface area contributed by atoms with Crippen molar-refractivity contribution < 1.29 is 14.1 Å². The number of hydrogen-bond donors (Lipinski definition) is 2. The summed E-state index contributed by atoms with van der Waals surface area (Å²) < 4.78 is 13.1. The number of benzene rings is 1. The van der Waals surface area contributed by atoms with E-state index in [1.54, 1.807) is 0 Å². The molecule has 1 aromatic rings. The van der Waals surface area contributed by atoms with E-state index in [4.69, 9.17) is 15.0 Å². The second-order valence-corrected chi connectivity index (χ2v) is 10.9. The van der Waals surface area contributed by atoms with Gasteiger partial charge in [0.1, 0.15) is 0 Å². The fourth-order valence-corrected chi connectivity index (χ4v) is 6.07. The third-order valence-electron chi connectivity index (χ3n) is 7.99. The van der Waals surface area contributed by atoms with E-state index in [0.717, 1.165) is 18.4 Å². The van der Waals surface area contributed by atoms with Crippen molar-refractivity contribution in [2.75, 3.05) is 0 Å². The topological polar surface area (TPSA) is 73.6 Å². The molecule has 6 heteroatoms. The number of hydrogen-bond acceptors (Lipinski definition) is 4. The van der Waals surface area contributed by atoms with Crippen LogP contribution in [0.3, 0.4) is 0 Å². The van der Waals surface area contributed by atoms with Gasteiger partial charge in [-0.3, -0.25) is 4.79 Å². The predicted octanol–water partition coefficient (Wildman–Crippen LogP) is 3.35. The van der Waals surface area contributed by atoms with Crippen molar-refractivity contribution in [3.63, 3.8) is 0 Å². The molecule has 5 nitrogen and oxygen atoms in total. The van der Waals surface area contributed by atoms with Crippen LogP contribution in [0.1, 0.15) is 59.4 Å². The second-order valence-electron chi connectivity index (χ2n) is 10.9. The maximum Gasteiger partial charge on any atom is 0.481 e. The van der Waals surface area contributed by atoms with Crippen molar-refractivity contribution in [1.82, 2.24) is 5.32 Å². The third-order valence-corrected chi connectivity index (χ3v) is 7.99. The first-order chi connectivity index (χ1) is 14.1. The molecule has 164 valence electrons. The number of nitrogens with one attached hydrogen (secondary N) is 1. The fourth-order valence-electron chi connectivity index (χ4n) is 6.07. The Morgan fingerprint density at radius 3 is 2.57 bits per heavy atom. The van der Waals surface area contributed by atoms with Crippen LogP contribution in [-0.2, 0) is 20.5 Å². The van der Waals surface area contributed by atoms with Gasteiger partial charge in [-0.05, 0) is 61.3 Å². The van der Waals surface area contributed by atoms with Gasteiger partial charge in [-0.1, -0.05) is 58.0 Å². The maximum absolute atomic E-state index is 12.9. The molecule has 1 aliphatic heterocycles. The molecule has 3 N–H and O–H groups in total. The van der Waals surface area contributed by atoms with Gasteiger partial charge in [-0.15, -0.1) is 0 Å². The molecule has 5 rings (SSSR count). The lowest BCUT2D eigenvalue weighted by atomic mass is 9.43. The highest BCUT2D eigenvalue weighted by Gasteiger charge is 2.68. The van der Waals surface area contributed by atoms with Crippen LogP contribution in [0.25, 0.3) is 0 Å². The molecule has 0 radical (unpaired) electrons. The number of carbonyl (C=O) groups is 1. The normalized spacial score (nSPS) is 33.6. The Labute approximate surface area is 181 Å². The van der Waals surface area contributed by atoms with Gasteiger partial charge in [0.2, 0.25) is 5.91 Å². The largest absolute Gasteiger partial charge is 0.481 e. The molecule has 2 bridgehead atoms. The zero-order valence-electron chi connectivity index (χ0n) is 19.1. The molecule has 4 fully saturated rings. The van der Waals surface area contributed by atoms with Gasteiger partial charge in [0.05, 0.1) is 23.7 Å². The van der Waals surface area contributed by atoms with E-state index in [-0.39, 0.29) is 23.6 Å². The molecule has 1 heterocycles. The Hall–Kier alpha value is -1.37. The first-order valence-corrected chi connectivity index (χ1v) is 11.5. The highest BCUT2D eigenvalue weighted by atomic mass is 16.7. The Bertz CT molecular complexity index is 771. The van der Waals surface area contributed by atoms with E-state index in [1.807, 2.05) is 30.3 Å². The van der Waals surface area contributed by atoms with Crippen LogP contribution in [0.15, 0.2) is 30.3 Å². The smallest absolute Gasteiger partial charge is 0.404 e. The molecule has 30 heavy (non-hydrogen) atoms. The molecule has 3 unspecified atom stereocenters. The van der Waals surface area contributed by atoms with Crippen molar-refractivity contribution in [1.29, 1.82) is 0 Å². The zero-order valence-corrected chi connectivity index (χ0v) is 19.1. The van der Waals surface area contributed by atoms with Gasteiger partial charge >= 0.3 is 7.12 Å². The van der Waals surface area contributed by atoms with Gasteiger partial charge in [0.15, 0.2) is 0 Å². The third kappa shape index (κ3) is 3.83. The van der Waals surface area contributed by atoms with Crippen molar-refractivity contribution in [2.24, 2.45) is 28.9 Å². The number of carbonyl (C=O) groups excluding carboxylic acids is 1. The second kappa shape index (κ2) is 7.96. The van der Waals surface area contributed by atoms with Crippen LogP contribution in [0.2, 0.25) is 0 Å². The van der Waals surface area contributed by atoms with Gasteiger partial charge in [-0.2, -0.15) is 0 Å². The summed E-state index contributed by atoms with van der Waals surface area (Å²) in [5.74, 6) is 1.30. The van der Waals surface area contributed by atoms with Crippen LogP contribution in [0, 0.1) is 23.2 Å². The molecule has 4 aliphatic rings. The van der Waals surface area contributed by atoms with E-state index < -0.39 is 13.2 Å². The molecule has 0 aromatic heterocycles. The quantitative estimate of drug-likeness (QED) is 0.674. The number of nitrogens with two attached hydrogens (primary N) is 1.